The predicted octanol–water partition coefficient (Wildman–Crippen LogP) is 6.45. The van der Waals surface area contributed by atoms with Crippen LogP contribution in [0.4, 0.5) is 5.69 Å². The van der Waals surface area contributed by atoms with Gasteiger partial charge in [0.1, 0.15) is 5.75 Å². The van der Waals surface area contributed by atoms with Gasteiger partial charge in [0.05, 0.1) is 12.8 Å². The molecule has 1 N–H and O–H groups in total. The maximum absolute atomic E-state index is 13.4. The topological polar surface area (TPSA) is 38.3 Å². The molecule has 1 aliphatic rings. The molecule has 3 nitrogen and oxygen atoms in total. The number of hydrogen-bond acceptors (Lipinski definition) is 2. The summed E-state index contributed by atoms with van der Waals surface area (Å²) in [5, 5.41) is 5.46. The Hall–Kier alpha value is -3.07. The van der Waals surface area contributed by atoms with Gasteiger partial charge < -0.3 is 10.1 Å². The van der Waals surface area contributed by atoms with Crippen LogP contribution in [0.5, 0.6) is 5.75 Å². The second-order valence-electron chi connectivity index (χ2n) is 7.66. The Bertz CT molecular complexity index is 1030. The number of methoxy groups -OCH3 is 1. The Balaban J connectivity index is 1.73. The van der Waals surface area contributed by atoms with Crippen molar-refractivity contribution >= 4 is 28.4 Å². The standard InChI is InChI=1S/C26H27NO2/c1-29-25-17-8-7-16-24(25)27-26(28)23(20-10-3-2-4-11-20)18-21-14-9-13-19-12-5-6-15-22(19)21/h5-9,12-18,20H,2-4,10-11H2,1H3,(H,27,28)/b23-18+. The Labute approximate surface area is 172 Å². The van der Waals surface area contributed by atoms with Crippen molar-refractivity contribution in [2.24, 2.45) is 5.92 Å². The quantitative estimate of drug-likeness (QED) is 0.513. The zero-order valence-electron chi connectivity index (χ0n) is 16.9. The van der Waals surface area contributed by atoms with E-state index in [-0.39, 0.29) is 11.8 Å². The number of carbonyl (C=O) groups is 1. The predicted molar refractivity (Wildman–Crippen MR) is 120 cm³/mol. The van der Waals surface area contributed by atoms with Crippen LogP contribution in [0.25, 0.3) is 16.8 Å². The number of para-hydroxylation sites is 2. The molecular weight excluding hydrogens is 358 g/mol. The molecular formula is C26H27NO2. The molecule has 148 valence electrons. The van der Waals surface area contributed by atoms with Crippen LogP contribution in [0.1, 0.15) is 37.7 Å². The number of rotatable bonds is 5. The first-order valence-electron chi connectivity index (χ1n) is 10.4. The van der Waals surface area contributed by atoms with E-state index in [0.29, 0.717) is 11.4 Å². The van der Waals surface area contributed by atoms with Crippen molar-refractivity contribution in [1.29, 1.82) is 0 Å². The van der Waals surface area contributed by atoms with Crippen molar-refractivity contribution in [3.05, 3.63) is 77.9 Å². The van der Waals surface area contributed by atoms with Crippen LogP contribution in [-0.2, 0) is 4.79 Å². The van der Waals surface area contributed by atoms with Gasteiger partial charge in [-0.25, -0.2) is 0 Å². The molecule has 1 fully saturated rings. The lowest BCUT2D eigenvalue weighted by molar-refractivity contribution is -0.113. The summed E-state index contributed by atoms with van der Waals surface area (Å²) < 4.78 is 5.41. The van der Waals surface area contributed by atoms with E-state index in [2.05, 4.69) is 47.8 Å². The monoisotopic (exact) mass is 385 g/mol. The number of benzene rings is 3. The number of anilines is 1. The first-order chi connectivity index (χ1) is 14.3. The minimum Gasteiger partial charge on any atom is -0.495 e. The van der Waals surface area contributed by atoms with Crippen molar-refractivity contribution in [1.82, 2.24) is 0 Å². The van der Waals surface area contributed by atoms with Crippen LogP contribution in [-0.4, -0.2) is 13.0 Å². The van der Waals surface area contributed by atoms with E-state index in [1.54, 1.807) is 7.11 Å². The molecule has 0 aromatic heterocycles. The maximum atomic E-state index is 13.4. The summed E-state index contributed by atoms with van der Waals surface area (Å²) in [6.07, 6.45) is 7.85. The van der Waals surface area contributed by atoms with Crippen LogP contribution in [0, 0.1) is 5.92 Å². The Morgan fingerprint density at radius 1 is 0.931 bits per heavy atom. The summed E-state index contributed by atoms with van der Waals surface area (Å²) in [5.41, 5.74) is 2.67. The van der Waals surface area contributed by atoms with Crippen molar-refractivity contribution in [3.63, 3.8) is 0 Å². The highest BCUT2D eigenvalue weighted by Gasteiger charge is 2.24. The van der Waals surface area contributed by atoms with E-state index in [1.165, 1.54) is 30.0 Å². The molecule has 3 heteroatoms. The Morgan fingerprint density at radius 3 is 2.48 bits per heavy atom. The van der Waals surface area contributed by atoms with Gasteiger partial charge in [0.2, 0.25) is 0 Å². The molecule has 1 amide bonds. The highest BCUT2D eigenvalue weighted by molar-refractivity contribution is 6.09. The average molecular weight is 386 g/mol. The lowest BCUT2D eigenvalue weighted by atomic mass is 9.82. The fourth-order valence-electron chi connectivity index (χ4n) is 4.27. The van der Waals surface area contributed by atoms with E-state index in [0.717, 1.165) is 24.0 Å². The number of amides is 1. The fourth-order valence-corrected chi connectivity index (χ4v) is 4.27. The smallest absolute Gasteiger partial charge is 0.251 e. The average Bonchev–Trinajstić information content (AvgIpc) is 2.78. The zero-order valence-corrected chi connectivity index (χ0v) is 16.9. The second kappa shape index (κ2) is 8.95. The van der Waals surface area contributed by atoms with Gasteiger partial charge in [0.25, 0.3) is 5.91 Å². The molecule has 0 saturated heterocycles. The first kappa shape index (κ1) is 19.3. The molecule has 1 saturated carbocycles. The molecule has 0 heterocycles. The third-order valence-corrected chi connectivity index (χ3v) is 5.80. The molecule has 0 radical (unpaired) electrons. The van der Waals surface area contributed by atoms with Gasteiger partial charge in [-0.1, -0.05) is 73.9 Å². The summed E-state index contributed by atoms with van der Waals surface area (Å²) in [6.45, 7) is 0. The molecule has 0 atom stereocenters. The molecule has 1 aliphatic carbocycles. The maximum Gasteiger partial charge on any atom is 0.251 e. The first-order valence-corrected chi connectivity index (χ1v) is 10.4. The van der Waals surface area contributed by atoms with Crippen LogP contribution in [0.3, 0.4) is 0 Å². The van der Waals surface area contributed by atoms with E-state index in [4.69, 9.17) is 4.74 Å². The molecule has 0 unspecified atom stereocenters. The van der Waals surface area contributed by atoms with Gasteiger partial charge in [-0.3, -0.25) is 4.79 Å². The number of nitrogens with one attached hydrogen (secondary N) is 1. The molecule has 0 spiro atoms. The molecule has 0 aliphatic heterocycles. The van der Waals surface area contributed by atoms with Gasteiger partial charge in [0, 0.05) is 5.57 Å². The van der Waals surface area contributed by atoms with Gasteiger partial charge >= 0.3 is 0 Å². The number of hydrogen-bond donors (Lipinski definition) is 1. The van der Waals surface area contributed by atoms with Crippen molar-refractivity contribution in [3.8, 4) is 5.75 Å². The van der Waals surface area contributed by atoms with Gasteiger partial charge in [-0.05, 0) is 53.3 Å². The summed E-state index contributed by atoms with van der Waals surface area (Å²) >= 11 is 0. The van der Waals surface area contributed by atoms with E-state index in [1.807, 2.05) is 30.3 Å². The minimum atomic E-state index is -0.0330. The van der Waals surface area contributed by atoms with Crippen LogP contribution < -0.4 is 10.1 Å². The van der Waals surface area contributed by atoms with Crippen LogP contribution in [0.15, 0.2) is 72.3 Å². The van der Waals surface area contributed by atoms with Crippen LogP contribution >= 0.6 is 0 Å². The molecule has 4 rings (SSSR count). The molecule has 29 heavy (non-hydrogen) atoms. The van der Waals surface area contributed by atoms with E-state index >= 15 is 0 Å². The van der Waals surface area contributed by atoms with Gasteiger partial charge in [0.15, 0.2) is 0 Å². The van der Waals surface area contributed by atoms with Crippen LogP contribution in [0.2, 0.25) is 0 Å². The van der Waals surface area contributed by atoms with Gasteiger partial charge in [-0.15, -0.1) is 0 Å². The largest absolute Gasteiger partial charge is 0.495 e. The van der Waals surface area contributed by atoms with E-state index < -0.39 is 0 Å². The van der Waals surface area contributed by atoms with Crippen molar-refractivity contribution in [2.75, 3.05) is 12.4 Å². The highest BCUT2D eigenvalue weighted by Crippen LogP contribution is 2.33. The zero-order chi connectivity index (χ0) is 20.1. The highest BCUT2D eigenvalue weighted by atomic mass is 16.5. The fraction of sp³-hybridized carbons (Fsp3) is 0.269. The number of fused-ring (bicyclic) bond motifs is 1. The lowest BCUT2D eigenvalue weighted by Gasteiger charge is -2.24. The summed E-state index contributed by atoms with van der Waals surface area (Å²) in [7, 11) is 1.62. The van der Waals surface area contributed by atoms with E-state index in [9.17, 15) is 4.79 Å². The summed E-state index contributed by atoms with van der Waals surface area (Å²) in [6, 6.07) is 22.2. The number of ether oxygens (including phenoxy) is 1. The van der Waals surface area contributed by atoms with Crippen molar-refractivity contribution in [2.45, 2.75) is 32.1 Å². The summed E-state index contributed by atoms with van der Waals surface area (Å²) in [4.78, 5) is 13.4. The second-order valence-corrected chi connectivity index (χ2v) is 7.66. The Kier molecular flexibility index (Phi) is 5.95. The normalized spacial score (nSPS) is 15.3. The third-order valence-electron chi connectivity index (χ3n) is 5.80. The van der Waals surface area contributed by atoms with Crippen molar-refractivity contribution < 1.29 is 9.53 Å². The molecule has 3 aromatic rings. The lowest BCUT2D eigenvalue weighted by Crippen LogP contribution is -2.22. The SMILES string of the molecule is COc1ccccc1NC(=O)/C(=C/c1cccc2ccccc12)C1CCCCC1. The molecule has 0 bridgehead atoms. The third kappa shape index (κ3) is 4.34. The summed E-state index contributed by atoms with van der Waals surface area (Å²) in [5.74, 6) is 0.931. The number of carbonyl (C=O) groups excluding carboxylic acids is 1. The van der Waals surface area contributed by atoms with Gasteiger partial charge in [-0.2, -0.15) is 0 Å². The Morgan fingerprint density at radius 2 is 1.66 bits per heavy atom. The molecule has 3 aromatic carbocycles. The minimum absolute atomic E-state index is 0.0330.